The molecule has 0 heterocycles. The topological polar surface area (TPSA) is 20.2 Å². The van der Waals surface area contributed by atoms with Gasteiger partial charge < -0.3 is 5.11 Å². The zero-order valence-electron chi connectivity index (χ0n) is 6.87. The summed E-state index contributed by atoms with van der Waals surface area (Å²) in [6, 6.07) is 0. The lowest BCUT2D eigenvalue weighted by molar-refractivity contribution is -0.0408. The van der Waals surface area contributed by atoms with Gasteiger partial charge in [-0.25, -0.2) is 0 Å². The first kappa shape index (κ1) is 7.35. The normalized spacial score (nSPS) is 43.5. The summed E-state index contributed by atoms with van der Waals surface area (Å²) in [5.41, 5.74) is 0. The fourth-order valence-corrected chi connectivity index (χ4v) is 2.37. The van der Waals surface area contributed by atoms with Gasteiger partial charge in [0.2, 0.25) is 0 Å². The van der Waals surface area contributed by atoms with Gasteiger partial charge in [-0.3, -0.25) is 0 Å². The highest BCUT2D eigenvalue weighted by atomic mass is 16.3. The van der Waals surface area contributed by atoms with Gasteiger partial charge in [0.25, 0.3) is 0 Å². The summed E-state index contributed by atoms with van der Waals surface area (Å²) in [4.78, 5) is 0. The van der Waals surface area contributed by atoms with Gasteiger partial charge in [0.15, 0.2) is 0 Å². The molecule has 1 heteroatoms. The minimum Gasteiger partial charge on any atom is -0.393 e. The van der Waals surface area contributed by atoms with Crippen molar-refractivity contribution in [1.29, 1.82) is 0 Å². The molecule has 11 heavy (non-hydrogen) atoms. The van der Waals surface area contributed by atoms with Crippen molar-refractivity contribution in [3.05, 3.63) is 12.2 Å². The van der Waals surface area contributed by atoms with Crippen molar-refractivity contribution >= 4 is 0 Å². The van der Waals surface area contributed by atoms with Crippen molar-refractivity contribution < 1.29 is 5.11 Å². The second kappa shape index (κ2) is 2.98. The van der Waals surface area contributed by atoms with Crippen molar-refractivity contribution in [3.63, 3.8) is 0 Å². The Morgan fingerprint density at radius 3 is 2.55 bits per heavy atom. The zero-order valence-corrected chi connectivity index (χ0v) is 6.87. The molecule has 1 saturated carbocycles. The van der Waals surface area contributed by atoms with E-state index in [1.807, 2.05) is 0 Å². The first-order valence-corrected chi connectivity index (χ1v) is 4.71. The minimum absolute atomic E-state index is 0.0338. The standard InChI is InChI=1S/C10H16O/c11-10-7-8-5-3-1-2-4-6-9(8)10/h1-2,8-11H,3-7H2. The number of allylic oxidation sites excluding steroid dienone is 2. The molecule has 2 aliphatic rings. The van der Waals surface area contributed by atoms with Crippen LogP contribution in [0.2, 0.25) is 0 Å². The molecule has 0 amide bonds. The molecule has 62 valence electrons. The van der Waals surface area contributed by atoms with Gasteiger partial charge in [0.1, 0.15) is 0 Å². The summed E-state index contributed by atoms with van der Waals surface area (Å²) in [7, 11) is 0. The van der Waals surface area contributed by atoms with E-state index in [2.05, 4.69) is 12.2 Å². The average Bonchev–Trinajstić information content (AvgIpc) is 1.96. The van der Waals surface area contributed by atoms with Crippen LogP contribution in [0.1, 0.15) is 32.1 Å². The van der Waals surface area contributed by atoms with E-state index in [-0.39, 0.29) is 6.10 Å². The van der Waals surface area contributed by atoms with E-state index in [1.54, 1.807) is 0 Å². The van der Waals surface area contributed by atoms with Crippen molar-refractivity contribution in [2.75, 3.05) is 0 Å². The minimum atomic E-state index is 0.0338. The lowest BCUT2D eigenvalue weighted by Gasteiger charge is -2.42. The molecule has 2 rings (SSSR count). The average molecular weight is 152 g/mol. The number of aliphatic hydroxyl groups excluding tert-OH is 1. The van der Waals surface area contributed by atoms with E-state index >= 15 is 0 Å². The van der Waals surface area contributed by atoms with E-state index in [9.17, 15) is 5.11 Å². The Hall–Kier alpha value is -0.300. The first-order chi connectivity index (χ1) is 5.38. The fourth-order valence-electron chi connectivity index (χ4n) is 2.37. The number of rotatable bonds is 0. The van der Waals surface area contributed by atoms with Gasteiger partial charge >= 0.3 is 0 Å². The Labute approximate surface area is 68.1 Å². The molecular formula is C10H16O. The van der Waals surface area contributed by atoms with Crippen LogP contribution in [0.15, 0.2) is 12.2 Å². The number of hydrogen-bond donors (Lipinski definition) is 1. The maximum atomic E-state index is 9.44. The molecule has 0 bridgehead atoms. The second-order valence-corrected chi connectivity index (χ2v) is 3.85. The molecule has 1 N–H and O–H groups in total. The lowest BCUT2D eigenvalue weighted by Crippen LogP contribution is -2.41. The Kier molecular flexibility index (Phi) is 1.99. The Bertz CT molecular complexity index is 162. The summed E-state index contributed by atoms with van der Waals surface area (Å²) in [5.74, 6) is 1.48. The molecule has 1 fully saturated rings. The summed E-state index contributed by atoms with van der Waals surface area (Å²) in [5, 5.41) is 9.44. The third-order valence-electron chi connectivity index (χ3n) is 3.18. The zero-order chi connectivity index (χ0) is 7.68. The molecule has 0 aromatic heterocycles. The third kappa shape index (κ3) is 1.34. The van der Waals surface area contributed by atoms with E-state index < -0.39 is 0 Å². The highest BCUT2D eigenvalue weighted by Crippen LogP contribution is 2.41. The predicted octanol–water partition coefficient (Wildman–Crippen LogP) is 2.11. The molecule has 0 aromatic carbocycles. The highest BCUT2D eigenvalue weighted by molar-refractivity contribution is 4.95. The molecule has 1 nitrogen and oxygen atoms in total. The molecule has 0 radical (unpaired) electrons. The van der Waals surface area contributed by atoms with Crippen LogP contribution in [-0.4, -0.2) is 11.2 Å². The van der Waals surface area contributed by atoms with Crippen LogP contribution in [0, 0.1) is 11.8 Å². The number of hydrogen-bond acceptors (Lipinski definition) is 1. The molecule has 0 saturated heterocycles. The van der Waals surface area contributed by atoms with Crippen LogP contribution >= 0.6 is 0 Å². The third-order valence-corrected chi connectivity index (χ3v) is 3.18. The SMILES string of the molecule is OC1CC2CCC=CCCC12. The quantitative estimate of drug-likeness (QED) is 0.527. The van der Waals surface area contributed by atoms with Crippen LogP contribution in [0.3, 0.4) is 0 Å². The van der Waals surface area contributed by atoms with Crippen molar-refractivity contribution in [2.24, 2.45) is 11.8 Å². The summed E-state index contributed by atoms with van der Waals surface area (Å²) >= 11 is 0. The summed E-state index contributed by atoms with van der Waals surface area (Å²) in [6.07, 6.45) is 10.6. The maximum Gasteiger partial charge on any atom is 0.0573 e. The predicted molar refractivity (Wildman–Crippen MR) is 45.2 cm³/mol. The van der Waals surface area contributed by atoms with E-state index in [1.165, 1.54) is 25.7 Å². The number of fused-ring (bicyclic) bond motifs is 1. The van der Waals surface area contributed by atoms with Gasteiger partial charge in [-0.15, -0.1) is 0 Å². The molecule has 0 aliphatic heterocycles. The molecule has 0 aromatic rings. The van der Waals surface area contributed by atoms with Crippen LogP contribution in [0.25, 0.3) is 0 Å². The van der Waals surface area contributed by atoms with Crippen molar-refractivity contribution in [3.8, 4) is 0 Å². The highest BCUT2D eigenvalue weighted by Gasteiger charge is 2.38. The second-order valence-electron chi connectivity index (χ2n) is 3.85. The van der Waals surface area contributed by atoms with Crippen molar-refractivity contribution in [2.45, 2.75) is 38.2 Å². The van der Waals surface area contributed by atoms with Crippen LogP contribution in [0.5, 0.6) is 0 Å². The Morgan fingerprint density at radius 2 is 1.82 bits per heavy atom. The fraction of sp³-hybridized carbons (Fsp3) is 0.800. The van der Waals surface area contributed by atoms with Crippen molar-refractivity contribution in [1.82, 2.24) is 0 Å². The molecule has 0 spiro atoms. The number of aliphatic hydroxyl groups is 1. The van der Waals surface area contributed by atoms with Crippen LogP contribution in [0.4, 0.5) is 0 Å². The largest absolute Gasteiger partial charge is 0.393 e. The molecule has 3 unspecified atom stereocenters. The van der Waals surface area contributed by atoms with Gasteiger partial charge in [-0.05, 0) is 43.9 Å². The van der Waals surface area contributed by atoms with Crippen LogP contribution < -0.4 is 0 Å². The molecular weight excluding hydrogens is 136 g/mol. The van der Waals surface area contributed by atoms with E-state index in [0.29, 0.717) is 5.92 Å². The van der Waals surface area contributed by atoms with Gasteiger partial charge in [0.05, 0.1) is 6.10 Å². The van der Waals surface area contributed by atoms with Gasteiger partial charge in [-0.2, -0.15) is 0 Å². The molecule has 2 aliphatic carbocycles. The Morgan fingerprint density at radius 1 is 1.09 bits per heavy atom. The van der Waals surface area contributed by atoms with Crippen LogP contribution in [-0.2, 0) is 0 Å². The van der Waals surface area contributed by atoms with Gasteiger partial charge in [-0.1, -0.05) is 12.2 Å². The summed E-state index contributed by atoms with van der Waals surface area (Å²) in [6.45, 7) is 0. The summed E-state index contributed by atoms with van der Waals surface area (Å²) < 4.78 is 0. The smallest absolute Gasteiger partial charge is 0.0573 e. The maximum absolute atomic E-state index is 9.44. The lowest BCUT2D eigenvalue weighted by atomic mass is 9.66. The Balaban J connectivity index is 1.95. The first-order valence-electron chi connectivity index (χ1n) is 4.71. The molecule has 3 atom stereocenters. The van der Waals surface area contributed by atoms with E-state index in [0.717, 1.165) is 12.3 Å². The van der Waals surface area contributed by atoms with Gasteiger partial charge in [0, 0.05) is 0 Å². The van der Waals surface area contributed by atoms with E-state index in [4.69, 9.17) is 0 Å². The monoisotopic (exact) mass is 152 g/mol.